The lowest BCUT2D eigenvalue weighted by atomic mass is 9.91. The molecule has 1 aromatic rings. The third-order valence-corrected chi connectivity index (χ3v) is 3.94. The van der Waals surface area contributed by atoms with Crippen LogP contribution in [-0.4, -0.2) is 17.2 Å². The summed E-state index contributed by atoms with van der Waals surface area (Å²) in [5, 5.41) is 14.2. The van der Waals surface area contributed by atoms with E-state index < -0.39 is 6.10 Å². The van der Waals surface area contributed by atoms with Gasteiger partial charge in [-0.2, -0.15) is 0 Å². The van der Waals surface area contributed by atoms with Crippen LogP contribution in [0.3, 0.4) is 0 Å². The summed E-state index contributed by atoms with van der Waals surface area (Å²) in [6.07, 6.45) is 2.09. The van der Waals surface area contributed by atoms with Gasteiger partial charge in [0.05, 0.1) is 6.10 Å². The molecule has 1 saturated carbocycles. The molecule has 0 aromatic heterocycles. The first-order valence-electron chi connectivity index (χ1n) is 7.00. The summed E-state index contributed by atoms with van der Waals surface area (Å²) in [6, 6.07) is 7.04. The highest BCUT2D eigenvalue weighted by molar-refractivity contribution is 5.31. The van der Waals surface area contributed by atoms with Crippen molar-refractivity contribution in [1.82, 2.24) is 5.32 Å². The van der Waals surface area contributed by atoms with Crippen LogP contribution in [0, 0.1) is 19.8 Å². The molecule has 2 unspecified atom stereocenters. The van der Waals surface area contributed by atoms with Gasteiger partial charge in [-0.05, 0) is 49.3 Å². The number of aryl methyl sites for hydroxylation is 2. The van der Waals surface area contributed by atoms with E-state index >= 15 is 0 Å². The normalized spacial score (nSPS) is 19.0. The Morgan fingerprint density at radius 2 is 1.83 bits per heavy atom. The van der Waals surface area contributed by atoms with Crippen LogP contribution in [0.2, 0.25) is 0 Å². The second-order valence-electron chi connectivity index (χ2n) is 6.00. The van der Waals surface area contributed by atoms with Gasteiger partial charge in [-0.25, -0.2) is 0 Å². The first kappa shape index (κ1) is 13.6. The van der Waals surface area contributed by atoms with Crippen LogP contribution >= 0.6 is 0 Å². The summed E-state index contributed by atoms with van der Waals surface area (Å²) in [6.45, 7) is 8.55. The van der Waals surface area contributed by atoms with Crippen LogP contribution in [0.5, 0.6) is 0 Å². The van der Waals surface area contributed by atoms with E-state index in [0.717, 1.165) is 5.56 Å². The molecule has 18 heavy (non-hydrogen) atoms. The number of aliphatic hydroxyl groups excluding tert-OH is 1. The second-order valence-corrected chi connectivity index (χ2v) is 6.00. The topological polar surface area (TPSA) is 32.3 Å². The Bertz CT molecular complexity index is 410. The zero-order chi connectivity index (χ0) is 13.3. The number of aliphatic hydroxyl groups is 1. The molecule has 100 valence electrons. The largest absolute Gasteiger partial charge is 0.387 e. The van der Waals surface area contributed by atoms with Crippen molar-refractivity contribution in [3.05, 3.63) is 34.9 Å². The molecule has 1 aromatic carbocycles. The molecule has 2 nitrogen and oxygen atoms in total. The number of benzene rings is 1. The molecule has 0 aliphatic heterocycles. The molecule has 2 atom stereocenters. The van der Waals surface area contributed by atoms with Crippen molar-refractivity contribution in [2.45, 2.75) is 58.7 Å². The zero-order valence-corrected chi connectivity index (χ0v) is 11.9. The maximum atomic E-state index is 10.6. The lowest BCUT2D eigenvalue weighted by Crippen LogP contribution is -2.40. The number of rotatable bonds is 5. The summed E-state index contributed by atoms with van der Waals surface area (Å²) in [4.78, 5) is 0. The minimum absolute atomic E-state index is 0.152. The Morgan fingerprint density at radius 1 is 1.17 bits per heavy atom. The molecule has 0 saturated heterocycles. The summed E-state index contributed by atoms with van der Waals surface area (Å²) in [5.41, 5.74) is 3.56. The minimum atomic E-state index is -0.412. The molecule has 0 heterocycles. The fraction of sp³-hybridized carbons (Fsp3) is 0.625. The quantitative estimate of drug-likeness (QED) is 0.838. The van der Waals surface area contributed by atoms with Crippen LogP contribution in [0.15, 0.2) is 18.2 Å². The van der Waals surface area contributed by atoms with Gasteiger partial charge in [0.1, 0.15) is 0 Å². The highest BCUT2D eigenvalue weighted by atomic mass is 16.3. The standard InChI is InChI=1S/C16H25NO/c1-10(2)15(17-14-7-8-14)16(18)13-6-5-11(3)12(4)9-13/h5-6,9-10,14-18H,7-8H2,1-4H3. The maximum Gasteiger partial charge on any atom is 0.0945 e. The molecule has 1 aliphatic rings. The summed E-state index contributed by atoms with van der Waals surface area (Å²) in [5.74, 6) is 0.433. The third-order valence-electron chi connectivity index (χ3n) is 3.94. The van der Waals surface area contributed by atoms with E-state index in [1.165, 1.54) is 24.0 Å². The fourth-order valence-corrected chi connectivity index (χ4v) is 2.33. The van der Waals surface area contributed by atoms with E-state index in [9.17, 15) is 5.11 Å². The van der Waals surface area contributed by atoms with Crippen molar-refractivity contribution in [1.29, 1.82) is 0 Å². The van der Waals surface area contributed by atoms with Gasteiger partial charge in [0.15, 0.2) is 0 Å². The second kappa shape index (κ2) is 5.41. The van der Waals surface area contributed by atoms with Crippen molar-refractivity contribution in [2.75, 3.05) is 0 Å². The molecule has 0 bridgehead atoms. The van der Waals surface area contributed by atoms with Crippen LogP contribution in [0.1, 0.15) is 49.5 Å². The number of hydrogen-bond donors (Lipinski definition) is 2. The van der Waals surface area contributed by atoms with Crippen LogP contribution < -0.4 is 5.32 Å². The Morgan fingerprint density at radius 3 is 2.33 bits per heavy atom. The van der Waals surface area contributed by atoms with E-state index in [2.05, 4.69) is 51.2 Å². The molecular formula is C16H25NO. The van der Waals surface area contributed by atoms with Crippen LogP contribution in [0.25, 0.3) is 0 Å². The highest BCUT2D eigenvalue weighted by Crippen LogP contribution is 2.28. The van der Waals surface area contributed by atoms with Gasteiger partial charge >= 0.3 is 0 Å². The predicted molar refractivity (Wildman–Crippen MR) is 75.7 cm³/mol. The molecule has 0 radical (unpaired) electrons. The minimum Gasteiger partial charge on any atom is -0.387 e. The SMILES string of the molecule is Cc1ccc(C(O)C(NC2CC2)C(C)C)cc1C. The first-order valence-corrected chi connectivity index (χ1v) is 7.00. The van der Waals surface area contributed by atoms with Crippen molar-refractivity contribution >= 4 is 0 Å². The van der Waals surface area contributed by atoms with E-state index in [1.807, 2.05) is 0 Å². The molecule has 1 fully saturated rings. The Balaban J connectivity index is 2.15. The van der Waals surface area contributed by atoms with Gasteiger partial charge < -0.3 is 10.4 Å². The van der Waals surface area contributed by atoms with E-state index in [4.69, 9.17) is 0 Å². The lowest BCUT2D eigenvalue weighted by molar-refractivity contribution is 0.104. The molecule has 1 aliphatic carbocycles. The first-order chi connectivity index (χ1) is 8.49. The Kier molecular flexibility index (Phi) is 4.08. The smallest absolute Gasteiger partial charge is 0.0945 e. The molecule has 2 N–H and O–H groups in total. The van der Waals surface area contributed by atoms with E-state index in [1.54, 1.807) is 0 Å². The highest BCUT2D eigenvalue weighted by Gasteiger charge is 2.30. The van der Waals surface area contributed by atoms with E-state index in [-0.39, 0.29) is 6.04 Å². The summed E-state index contributed by atoms with van der Waals surface area (Å²) in [7, 11) is 0. The third kappa shape index (κ3) is 3.12. The molecular weight excluding hydrogens is 222 g/mol. The number of nitrogens with one attached hydrogen (secondary N) is 1. The summed E-state index contributed by atoms with van der Waals surface area (Å²) >= 11 is 0. The zero-order valence-electron chi connectivity index (χ0n) is 11.9. The van der Waals surface area contributed by atoms with Crippen molar-refractivity contribution < 1.29 is 5.11 Å². The predicted octanol–water partition coefficient (Wildman–Crippen LogP) is 3.11. The van der Waals surface area contributed by atoms with Gasteiger partial charge in [-0.15, -0.1) is 0 Å². The lowest BCUT2D eigenvalue weighted by Gasteiger charge is -2.28. The number of hydrogen-bond acceptors (Lipinski definition) is 2. The van der Waals surface area contributed by atoms with Crippen LogP contribution in [-0.2, 0) is 0 Å². The fourth-order valence-electron chi connectivity index (χ4n) is 2.33. The monoisotopic (exact) mass is 247 g/mol. The van der Waals surface area contributed by atoms with Gasteiger partial charge in [0.25, 0.3) is 0 Å². The van der Waals surface area contributed by atoms with Gasteiger partial charge in [0.2, 0.25) is 0 Å². The maximum absolute atomic E-state index is 10.6. The van der Waals surface area contributed by atoms with Crippen molar-refractivity contribution in [3.63, 3.8) is 0 Å². The Labute approximate surface area is 110 Å². The Hall–Kier alpha value is -0.860. The van der Waals surface area contributed by atoms with Gasteiger partial charge in [0, 0.05) is 12.1 Å². The van der Waals surface area contributed by atoms with Crippen molar-refractivity contribution in [2.24, 2.45) is 5.92 Å². The average molecular weight is 247 g/mol. The molecule has 0 spiro atoms. The molecule has 2 rings (SSSR count). The molecule has 0 amide bonds. The van der Waals surface area contributed by atoms with Gasteiger partial charge in [-0.1, -0.05) is 32.0 Å². The summed E-state index contributed by atoms with van der Waals surface area (Å²) < 4.78 is 0. The molecule has 2 heteroatoms. The van der Waals surface area contributed by atoms with Gasteiger partial charge in [-0.3, -0.25) is 0 Å². The average Bonchev–Trinajstić information content (AvgIpc) is 3.12. The van der Waals surface area contributed by atoms with E-state index in [0.29, 0.717) is 12.0 Å². The van der Waals surface area contributed by atoms with Crippen LogP contribution in [0.4, 0.5) is 0 Å². The van der Waals surface area contributed by atoms with Crippen molar-refractivity contribution in [3.8, 4) is 0 Å².